The molecule has 0 saturated heterocycles. The highest BCUT2D eigenvalue weighted by Gasteiger charge is 2.17. The minimum atomic E-state index is 0.0398. The summed E-state index contributed by atoms with van der Waals surface area (Å²) in [5.74, 6) is 5.77. The third kappa shape index (κ3) is 2.58. The van der Waals surface area contributed by atoms with Crippen molar-refractivity contribution in [3.63, 3.8) is 0 Å². The number of halogens is 1. The zero-order valence-electron chi connectivity index (χ0n) is 10.6. The van der Waals surface area contributed by atoms with Gasteiger partial charge in [0.05, 0.1) is 6.04 Å². The van der Waals surface area contributed by atoms with E-state index in [0.717, 1.165) is 0 Å². The predicted molar refractivity (Wildman–Crippen MR) is 84.2 cm³/mol. The smallest absolute Gasteiger partial charge is 0.0722 e. The summed E-state index contributed by atoms with van der Waals surface area (Å²) in [6.45, 7) is 4.24. The monoisotopic (exact) mass is 352 g/mol. The minimum Gasteiger partial charge on any atom is -0.271 e. The Kier molecular flexibility index (Phi) is 4.37. The zero-order valence-corrected chi connectivity index (χ0v) is 12.7. The molecule has 0 radical (unpaired) electrons. The van der Waals surface area contributed by atoms with Crippen LogP contribution in [0.1, 0.15) is 28.3 Å². The second-order valence-corrected chi connectivity index (χ2v) is 5.51. The van der Waals surface area contributed by atoms with Gasteiger partial charge in [-0.25, -0.2) is 5.43 Å². The van der Waals surface area contributed by atoms with Crippen molar-refractivity contribution < 1.29 is 0 Å². The Labute approximate surface area is 122 Å². The van der Waals surface area contributed by atoms with Gasteiger partial charge in [-0.15, -0.1) is 0 Å². The summed E-state index contributed by atoms with van der Waals surface area (Å²) in [5, 5.41) is 0. The molecule has 0 aliphatic rings. The maximum Gasteiger partial charge on any atom is 0.0722 e. The molecule has 0 aromatic heterocycles. The molecule has 0 amide bonds. The van der Waals surface area contributed by atoms with Gasteiger partial charge in [-0.1, -0.05) is 42.5 Å². The average Bonchev–Trinajstić information content (AvgIpc) is 2.37. The SMILES string of the molecule is Cc1ccccc1C(NN)c1cccc(C)c1I. The summed E-state index contributed by atoms with van der Waals surface area (Å²) < 4.78 is 1.27. The lowest BCUT2D eigenvalue weighted by atomic mass is 9.95. The molecule has 2 aromatic rings. The highest BCUT2D eigenvalue weighted by Crippen LogP contribution is 2.29. The topological polar surface area (TPSA) is 38.0 Å². The van der Waals surface area contributed by atoms with Crippen molar-refractivity contribution >= 4 is 22.6 Å². The lowest BCUT2D eigenvalue weighted by molar-refractivity contribution is 0.630. The van der Waals surface area contributed by atoms with Crippen molar-refractivity contribution in [1.82, 2.24) is 5.43 Å². The van der Waals surface area contributed by atoms with E-state index in [0.29, 0.717) is 0 Å². The van der Waals surface area contributed by atoms with Gasteiger partial charge in [-0.2, -0.15) is 0 Å². The number of hydrogen-bond acceptors (Lipinski definition) is 2. The summed E-state index contributed by atoms with van der Waals surface area (Å²) in [4.78, 5) is 0. The normalized spacial score (nSPS) is 12.4. The van der Waals surface area contributed by atoms with Crippen LogP contribution in [0, 0.1) is 17.4 Å². The maximum absolute atomic E-state index is 5.77. The second-order valence-electron chi connectivity index (χ2n) is 4.43. The molecule has 2 aromatic carbocycles. The third-order valence-corrected chi connectivity index (χ3v) is 4.67. The second kappa shape index (κ2) is 5.82. The predicted octanol–water partition coefficient (Wildman–Crippen LogP) is 3.46. The van der Waals surface area contributed by atoms with Gasteiger partial charge in [0.15, 0.2) is 0 Å². The van der Waals surface area contributed by atoms with E-state index in [1.54, 1.807) is 0 Å². The highest BCUT2D eigenvalue weighted by atomic mass is 127. The summed E-state index contributed by atoms with van der Waals surface area (Å²) in [6.07, 6.45) is 0. The van der Waals surface area contributed by atoms with Crippen molar-refractivity contribution in [1.29, 1.82) is 0 Å². The van der Waals surface area contributed by atoms with Gasteiger partial charge in [0.25, 0.3) is 0 Å². The quantitative estimate of drug-likeness (QED) is 0.504. The van der Waals surface area contributed by atoms with Crippen molar-refractivity contribution in [2.45, 2.75) is 19.9 Å². The van der Waals surface area contributed by atoms with Gasteiger partial charge in [0.1, 0.15) is 0 Å². The van der Waals surface area contributed by atoms with Crippen LogP contribution in [0.15, 0.2) is 42.5 Å². The largest absolute Gasteiger partial charge is 0.271 e. The molecule has 0 aliphatic heterocycles. The Bertz CT molecular complexity index is 552. The van der Waals surface area contributed by atoms with Crippen LogP contribution in [0.2, 0.25) is 0 Å². The van der Waals surface area contributed by atoms with Crippen LogP contribution < -0.4 is 11.3 Å². The Hall–Kier alpha value is -0.910. The van der Waals surface area contributed by atoms with Crippen LogP contribution in [-0.2, 0) is 0 Å². The summed E-state index contributed by atoms with van der Waals surface area (Å²) >= 11 is 2.39. The zero-order chi connectivity index (χ0) is 13.1. The molecule has 0 spiro atoms. The van der Waals surface area contributed by atoms with E-state index in [4.69, 9.17) is 5.84 Å². The molecule has 1 unspecified atom stereocenters. The van der Waals surface area contributed by atoms with Crippen LogP contribution in [0.3, 0.4) is 0 Å². The van der Waals surface area contributed by atoms with Gasteiger partial charge in [-0.05, 0) is 58.7 Å². The number of nitrogens with two attached hydrogens (primary N) is 1. The minimum absolute atomic E-state index is 0.0398. The Balaban J connectivity index is 2.53. The number of benzene rings is 2. The third-order valence-electron chi connectivity index (χ3n) is 3.20. The molecule has 3 heteroatoms. The van der Waals surface area contributed by atoms with Gasteiger partial charge in [0.2, 0.25) is 0 Å². The molecule has 94 valence electrons. The van der Waals surface area contributed by atoms with Crippen LogP contribution >= 0.6 is 22.6 Å². The Morgan fingerprint density at radius 2 is 1.56 bits per heavy atom. The molecule has 0 bridgehead atoms. The number of nitrogens with one attached hydrogen (secondary N) is 1. The fraction of sp³-hybridized carbons (Fsp3) is 0.200. The summed E-state index contributed by atoms with van der Waals surface area (Å²) in [5.41, 5.74) is 7.92. The van der Waals surface area contributed by atoms with Gasteiger partial charge in [0, 0.05) is 3.57 Å². The lowest BCUT2D eigenvalue weighted by Gasteiger charge is -2.21. The fourth-order valence-electron chi connectivity index (χ4n) is 2.15. The first kappa shape index (κ1) is 13.5. The standard InChI is InChI=1S/C15H17IN2/c1-10-6-3-4-8-12(10)15(18-17)13-9-5-7-11(2)14(13)16/h3-9,15,18H,17H2,1-2H3. The van der Waals surface area contributed by atoms with Gasteiger partial charge >= 0.3 is 0 Å². The van der Waals surface area contributed by atoms with Crippen LogP contribution in [-0.4, -0.2) is 0 Å². The summed E-state index contributed by atoms with van der Waals surface area (Å²) in [7, 11) is 0. The molecule has 18 heavy (non-hydrogen) atoms. The molecule has 0 fully saturated rings. The molecule has 1 atom stereocenters. The molecular weight excluding hydrogens is 335 g/mol. The highest BCUT2D eigenvalue weighted by molar-refractivity contribution is 14.1. The van der Waals surface area contributed by atoms with Crippen molar-refractivity contribution in [3.8, 4) is 0 Å². The van der Waals surface area contributed by atoms with E-state index in [1.807, 2.05) is 6.07 Å². The molecule has 0 heterocycles. The van der Waals surface area contributed by atoms with E-state index in [2.05, 4.69) is 78.3 Å². The van der Waals surface area contributed by atoms with Crippen LogP contribution in [0.4, 0.5) is 0 Å². The van der Waals surface area contributed by atoms with E-state index >= 15 is 0 Å². The van der Waals surface area contributed by atoms with E-state index in [-0.39, 0.29) is 6.04 Å². The molecule has 2 nitrogen and oxygen atoms in total. The number of rotatable bonds is 3. The molecule has 0 saturated carbocycles. The van der Waals surface area contributed by atoms with Crippen LogP contribution in [0.5, 0.6) is 0 Å². The molecule has 0 aliphatic carbocycles. The molecular formula is C15H17IN2. The van der Waals surface area contributed by atoms with E-state index in [9.17, 15) is 0 Å². The van der Waals surface area contributed by atoms with Crippen molar-refractivity contribution in [2.75, 3.05) is 0 Å². The van der Waals surface area contributed by atoms with Crippen LogP contribution in [0.25, 0.3) is 0 Å². The fourth-order valence-corrected chi connectivity index (χ4v) is 2.82. The Morgan fingerprint density at radius 1 is 0.944 bits per heavy atom. The first-order valence-electron chi connectivity index (χ1n) is 5.92. The number of aryl methyl sites for hydroxylation is 2. The first-order valence-corrected chi connectivity index (χ1v) is 6.99. The van der Waals surface area contributed by atoms with Gasteiger partial charge in [-0.3, -0.25) is 5.84 Å². The van der Waals surface area contributed by atoms with Crippen molar-refractivity contribution in [3.05, 3.63) is 68.3 Å². The first-order chi connectivity index (χ1) is 8.65. The number of hydrogen-bond donors (Lipinski definition) is 2. The van der Waals surface area contributed by atoms with Crippen molar-refractivity contribution in [2.24, 2.45) is 5.84 Å². The molecule has 3 N–H and O–H groups in total. The lowest BCUT2D eigenvalue weighted by Crippen LogP contribution is -2.30. The average molecular weight is 352 g/mol. The summed E-state index contributed by atoms with van der Waals surface area (Å²) in [6, 6.07) is 14.7. The van der Waals surface area contributed by atoms with E-state index in [1.165, 1.54) is 25.8 Å². The van der Waals surface area contributed by atoms with E-state index < -0.39 is 0 Å². The maximum atomic E-state index is 5.77. The number of hydrazine groups is 1. The Morgan fingerprint density at radius 3 is 2.22 bits per heavy atom. The van der Waals surface area contributed by atoms with Gasteiger partial charge < -0.3 is 0 Å². The molecule has 2 rings (SSSR count).